The van der Waals surface area contributed by atoms with E-state index in [0.717, 1.165) is 31.3 Å². The number of hydrogen-bond donors (Lipinski definition) is 1. The molecule has 86 valence electrons. The van der Waals surface area contributed by atoms with Crippen LogP contribution in [0.2, 0.25) is 0 Å². The van der Waals surface area contributed by atoms with Gasteiger partial charge in [0, 0.05) is 18.4 Å². The van der Waals surface area contributed by atoms with Crippen LogP contribution in [0.1, 0.15) is 27.2 Å². The number of likely N-dealkylation sites (N-methyl/N-ethyl adjacent to an activating group) is 1. The maximum Gasteiger partial charge on any atom is 0.0627 e. The largest absolute Gasteiger partial charge is 0.380 e. The highest BCUT2D eigenvalue weighted by molar-refractivity contribution is 7.99. The number of ether oxygens (including phenoxy) is 1. The van der Waals surface area contributed by atoms with E-state index >= 15 is 0 Å². The number of nitrogens with one attached hydrogen (secondary N) is 1. The molecule has 0 radical (unpaired) electrons. The molecule has 0 saturated heterocycles. The highest BCUT2D eigenvalue weighted by Crippen LogP contribution is 2.09. The molecule has 1 unspecified atom stereocenters. The zero-order valence-corrected chi connectivity index (χ0v) is 10.8. The van der Waals surface area contributed by atoms with Crippen molar-refractivity contribution in [3.63, 3.8) is 0 Å². The minimum Gasteiger partial charge on any atom is -0.380 e. The van der Waals surface area contributed by atoms with Gasteiger partial charge in [-0.15, -0.1) is 0 Å². The van der Waals surface area contributed by atoms with E-state index in [0.29, 0.717) is 6.04 Å². The standard InChI is InChI=1S/C11H25NOS/c1-5-6-13-7-11(12-4)9-14-8-10(2)3/h10-12H,5-9H2,1-4H3. The Morgan fingerprint density at radius 2 is 2.00 bits per heavy atom. The van der Waals surface area contributed by atoms with Crippen molar-refractivity contribution in [3.05, 3.63) is 0 Å². The Hall–Kier alpha value is 0.270. The van der Waals surface area contributed by atoms with Gasteiger partial charge < -0.3 is 10.1 Å². The summed E-state index contributed by atoms with van der Waals surface area (Å²) in [7, 11) is 2.01. The number of rotatable bonds is 9. The van der Waals surface area contributed by atoms with Gasteiger partial charge in [-0.05, 0) is 25.1 Å². The summed E-state index contributed by atoms with van der Waals surface area (Å²) in [6, 6.07) is 0.505. The van der Waals surface area contributed by atoms with Crippen molar-refractivity contribution in [3.8, 4) is 0 Å². The van der Waals surface area contributed by atoms with Crippen LogP contribution in [-0.2, 0) is 4.74 Å². The summed E-state index contributed by atoms with van der Waals surface area (Å²) in [5.74, 6) is 3.18. The van der Waals surface area contributed by atoms with E-state index in [4.69, 9.17) is 4.74 Å². The van der Waals surface area contributed by atoms with Gasteiger partial charge in [-0.2, -0.15) is 11.8 Å². The molecule has 3 heteroatoms. The Bertz CT molecular complexity index is 120. The van der Waals surface area contributed by atoms with Crippen molar-refractivity contribution in [2.75, 3.05) is 31.8 Å². The van der Waals surface area contributed by atoms with Crippen LogP contribution in [0, 0.1) is 5.92 Å². The molecular weight excluding hydrogens is 194 g/mol. The summed E-state index contributed by atoms with van der Waals surface area (Å²) < 4.78 is 5.52. The van der Waals surface area contributed by atoms with Crippen molar-refractivity contribution in [2.45, 2.75) is 33.2 Å². The van der Waals surface area contributed by atoms with Crippen LogP contribution in [0.5, 0.6) is 0 Å². The zero-order valence-electron chi connectivity index (χ0n) is 10.0. The van der Waals surface area contributed by atoms with E-state index in [1.807, 2.05) is 18.8 Å². The Kier molecular flexibility index (Phi) is 10.0. The molecule has 0 aromatic carbocycles. The lowest BCUT2D eigenvalue weighted by molar-refractivity contribution is 0.119. The molecular formula is C11H25NOS. The molecule has 0 aromatic rings. The summed E-state index contributed by atoms with van der Waals surface area (Å²) in [4.78, 5) is 0. The van der Waals surface area contributed by atoms with Gasteiger partial charge in [-0.3, -0.25) is 0 Å². The monoisotopic (exact) mass is 219 g/mol. The lowest BCUT2D eigenvalue weighted by atomic mass is 10.3. The average Bonchev–Trinajstić information content (AvgIpc) is 2.15. The molecule has 14 heavy (non-hydrogen) atoms. The molecule has 0 aliphatic heterocycles. The van der Waals surface area contributed by atoms with Crippen LogP contribution in [0.4, 0.5) is 0 Å². The first kappa shape index (κ1) is 14.3. The zero-order chi connectivity index (χ0) is 10.8. The van der Waals surface area contributed by atoms with E-state index < -0.39 is 0 Å². The van der Waals surface area contributed by atoms with E-state index in [1.165, 1.54) is 5.75 Å². The Morgan fingerprint density at radius 3 is 2.50 bits per heavy atom. The first-order chi connectivity index (χ1) is 6.70. The normalized spacial score (nSPS) is 13.5. The first-order valence-corrected chi connectivity index (χ1v) is 6.68. The molecule has 0 spiro atoms. The van der Waals surface area contributed by atoms with Gasteiger partial charge in [0.1, 0.15) is 0 Å². The van der Waals surface area contributed by atoms with E-state index in [1.54, 1.807) is 0 Å². The van der Waals surface area contributed by atoms with Crippen molar-refractivity contribution in [1.82, 2.24) is 5.32 Å². The molecule has 0 heterocycles. The quantitative estimate of drug-likeness (QED) is 0.602. The number of thioether (sulfide) groups is 1. The molecule has 0 amide bonds. The Balaban J connectivity index is 3.38. The predicted molar refractivity (Wildman–Crippen MR) is 66.1 cm³/mol. The molecule has 1 atom stereocenters. The maximum atomic E-state index is 5.52. The fourth-order valence-corrected chi connectivity index (χ4v) is 2.19. The molecule has 0 bridgehead atoms. The molecule has 0 aromatic heterocycles. The molecule has 0 fully saturated rings. The van der Waals surface area contributed by atoms with Crippen molar-refractivity contribution in [2.24, 2.45) is 5.92 Å². The number of hydrogen-bond acceptors (Lipinski definition) is 3. The van der Waals surface area contributed by atoms with Crippen molar-refractivity contribution < 1.29 is 4.74 Å². The predicted octanol–water partition coefficient (Wildman–Crippen LogP) is 2.39. The molecule has 0 aliphatic carbocycles. The minimum absolute atomic E-state index is 0.505. The third kappa shape index (κ3) is 8.85. The first-order valence-electron chi connectivity index (χ1n) is 5.53. The smallest absolute Gasteiger partial charge is 0.0627 e. The fraction of sp³-hybridized carbons (Fsp3) is 1.00. The van der Waals surface area contributed by atoms with Crippen molar-refractivity contribution >= 4 is 11.8 Å². The van der Waals surface area contributed by atoms with Crippen LogP contribution in [-0.4, -0.2) is 37.8 Å². The highest BCUT2D eigenvalue weighted by Gasteiger charge is 2.06. The van der Waals surface area contributed by atoms with Crippen LogP contribution < -0.4 is 5.32 Å². The lowest BCUT2D eigenvalue weighted by Gasteiger charge is -2.16. The Labute approximate surface area is 93.2 Å². The molecule has 2 nitrogen and oxygen atoms in total. The summed E-state index contributed by atoms with van der Waals surface area (Å²) in [5.41, 5.74) is 0. The van der Waals surface area contributed by atoms with Gasteiger partial charge >= 0.3 is 0 Å². The molecule has 0 rings (SSSR count). The van der Waals surface area contributed by atoms with E-state index in [-0.39, 0.29) is 0 Å². The maximum absolute atomic E-state index is 5.52. The van der Waals surface area contributed by atoms with Crippen LogP contribution in [0.15, 0.2) is 0 Å². The van der Waals surface area contributed by atoms with Gasteiger partial charge in [-0.1, -0.05) is 20.8 Å². The van der Waals surface area contributed by atoms with Gasteiger partial charge in [0.2, 0.25) is 0 Å². The second-order valence-corrected chi connectivity index (χ2v) is 5.07. The minimum atomic E-state index is 0.505. The summed E-state index contributed by atoms with van der Waals surface area (Å²) >= 11 is 2.01. The highest BCUT2D eigenvalue weighted by atomic mass is 32.2. The second-order valence-electron chi connectivity index (χ2n) is 3.99. The topological polar surface area (TPSA) is 21.3 Å². The molecule has 1 N–H and O–H groups in total. The summed E-state index contributed by atoms with van der Waals surface area (Å²) in [6.45, 7) is 8.38. The van der Waals surface area contributed by atoms with Gasteiger partial charge in [0.05, 0.1) is 6.61 Å². The molecule has 0 aliphatic rings. The average molecular weight is 219 g/mol. The third-order valence-corrected chi connectivity index (χ3v) is 3.39. The van der Waals surface area contributed by atoms with Gasteiger partial charge in [0.15, 0.2) is 0 Å². The van der Waals surface area contributed by atoms with Crippen LogP contribution in [0.25, 0.3) is 0 Å². The van der Waals surface area contributed by atoms with E-state index in [9.17, 15) is 0 Å². The molecule has 0 saturated carbocycles. The van der Waals surface area contributed by atoms with Crippen LogP contribution >= 0.6 is 11.8 Å². The summed E-state index contributed by atoms with van der Waals surface area (Å²) in [5, 5.41) is 3.29. The lowest BCUT2D eigenvalue weighted by Crippen LogP contribution is -2.33. The third-order valence-electron chi connectivity index (χ3n) is 1.85. The van der Waals surface area contributed by atoms with Gasteiger partial charge in [0.25, 0.3) is 0 Å². The van der Waals surface area contributed by atoms with Crippen LogP contribution in [0.3, 0.4) is 0 Å². The van der Waals surface area contributed by atoms with E-state index in [2.05, 4.69) is 26.1 Å². The second kappa shape index (κ2) is 9.81. The van der Waals surface area contributed by atoms with Gasteiger partial charge in [-0.25, -0.2) is 0 Å². The SMILES string of the molecule is CCCOCC(CSCC(C)C)NC. The Morgan fingerprint density at radius 1 is 1.29 bits per heavy atom. The fourth-order valence-electron chi connectivity index (χ4n) is 1.03. The van der Waals surface area contributed by atoms with Crippen molar-refractivity contribution in [1.29, 1.82) is 0 Å². The summed E-state index contributed by atoms with van der Waals surface area (Å²) in [6.07, 6.45) is 1.11.